The molecule has 1 N–H and O–H groups in total. The van der Waals surface area contributed by atoms with E-state index in [-0.39, 0.29) is 12.5 Å². The first kappa shape index (κ1) is 18.3. The van der Waals surface area contributed by atoms with Crippen LogP contribution >= 0.6 is 27.5 Å². The van der Waals surface area contributed by atoms with Gasteiger partial charge < -0.3 is 9.47 Å². The van der Waals surface area contributed by atoms with Gasteiger partial charge in [-0.15, -0.1) is 0 Å². The summed E-state index contributed by atoms with van der Waals surface area (Å²) >= 11 is 9.31. The van der Waals surface area contributed by atoms with Crippen LogP contribution < -0.4 is 14.9 Å². The third-order valence-corrected chi connectivity index (χ3v) is 4.00. The molecule has 0 aliphatic heterocycles. The summed E-state index contributed by atoms with van der Waals surface area (Å²) in [6.07, 6.45) is 1.51. The molecule has 0 radical (unpaired) electrons. The third kappa shape index (κ3) is 5.25. The predicted octanol–water partition coefficient (Wildman–Crippen LogP) is 3.95. The Kier molecular flexibility index (Phi) is 6.63. The van der Waals surface area contributed by atoms with Gasteiger partial charge in [0.1, 0.15) is 11.5 Å². The normalized spacial score (nSPS) is 10.7. The van der Waals surface area contributed by atoms with Gasteiger partial charge in [-0.3, -0.25) is 4.79 Å². The van der Waals surface area contributed by atoms with Gasteiger partial charge in [0, 0.05) is 15.1 Å². The van der Waals surface area contributed by atoms with Gasteiger partial charge in [0.15, 0.2) is 6.61 Å². The number of carbonyl (C=O) groups is 1. The largest absolute Gasteiger partial charge is 0.496 e. The van der Waals surface area contributed by atoms with Crippen LogP contribution in [0.5, 0.6) is 11.5 Å². The first-order valence-electron chi connectivity index (χ1n) is 7.04. The number of benzene rings is 2. The fourth-order valence-corrected chi connectivity index (χ4v) is 2.36. The number of hydrazone groups is 1. The Morgan fingerprint density at radius 1 is 1.33 bits per heavy atom. The maximum Gasteiger partial charge on any atom is 0.277 e. The topological polar surface area (TPSA) is 59.9 Å². The molecule has 1 amide bonds. The van der Waals surface area contributed by atoms with Crippen molar-refractivity contribution in [3.05, 3.63) is 57.0 Å². The van der Waals surface area contributed by atoms with Crippen molar-refractivity contribution in [3.8, 4) is 11.5 Å². The fourth-order valence-electron chi connectivity index (χ4n) is 1.87. The number of halogens is 2. The van der Waals surface area contributed by atoms with Crippen molar-refractivity contribution in [3.63, 3.8) is 0 Å². The van der Waals surface area contributed by atoms with Crippen LogP contribution in [0.4, 0.5) is 0 Å². The first-order chi connectivity index (χ1) is 11.5. The van der Waals surface area contributed by atoms with E-state index in [0.717, 1.165) is 15.6 Å². The van der Waals surface area contributed by atoms with E-state index in [9.17, 15) is 4.79 Å². The standard InChI is InChI=1S/C17H16BrClN2O3/c1-11-7-14(4-5-15(11)19)24-10-17(22)21-20-9-12-8-13(18)3-6-16(12)23-2/h3-9H,10H2,1-2H3,(H,21,22). The van der Waals surface area contributed by atoms with Crippen LogP contribution in [0.1, 0.15) is 11.1 Å². The Hall–Kier alpha value is -2.05. The van der Waals surface area contributed by atoms with Gasteiger partial charge in [-0.1, -0.05) is 27.5 Å². The number of hydrogen-bond acceptors (Lipinski definition) is 4. The van der Waals surface area contributed by atoms with Crippen LogP contribution in [0, 0.1) is 6.92 Å². The minimum absolute atomic E-state index is 0.145. The van der Waals surface area contributed by atoms with E-state index in [1.807, 2.05) is 19.1 Å². The maximum atomic E-state index is 11.8. The van der Waals surface area contributed by atoms with E-state index < -0.39 is 0 Å². The first-order valence-corrected chi connectivity index (χ1v) is 8.21. The Morgan fingerprint density at radius 3 is 2.83 bits per heavy atom. The summed E-state index contributed by atoms with van der Waals surface area (Å²) in [4.78, 5) is 11.8. The highest BCUT2D eigenvalue weighted by Crippen LogP contribution is 2.22. The number of carbonyl (C=O) groups excluding carboxylic acids is 1. The predicted molar refractivity (Wildman–Crippen MR) is 98.1 cm³/mol. The maximum absolute atomic E-state index is 11.8. The molecule has 5 nitrogen and oxygen atoms in total. The lowest BCUT2D eigenvalue weighted by molar-refractivity contribution is -0.123. The molecule has 0 unspecified atom stereocenters. The van der Waals surface area contributed by atoms with Crippen LogP contribution in [0.3, 0.4) is 0 Å². The number of rotatable bonds is 6. The molecular formula is C17H16BrClN2O3. The Morgan fingerprint density at radius 2 is 2.12 bits per heavy atom. The molecule has 2 aromatic rings. The van der Waals surface area contributed by atoms with Crippen LogP contribution in [0.15, 0.2) is 46.0 Å². The second-order valence-electron chi connectivity index (χ2n) is 4.88. The zero-order chi connectivity index (χ0) is 17.5. The van der Waals surface area contributed by atoms with E-state index in [4.69, 9.17) is 21.1 Å². The summed E-state index contributed by atoms with van der Waals surface area (Å²) < 4.78 is 11.5. The highest BCUT2D eigenvalue weighted by molar-refractivity contribution is 9.10. The van der Waals surface area contributed by atoms with Crippen molar-refractivity contribution >= 4 is 39.7 Å². The van der Waals surface area contributed by atoms with E-state index in [2.05, 4.69) is 26.5 Å². The van der Waals surface area contributed by atoms with Crippen molar-refractivity contribution in [1.82, 2.24) is 5.43 Å². The zero-order valence-electron chi connectivity index (χ0n) is 13.2. The second kappa shape index (κ2) is 8.70. The van der Waals surface area contributed by atoms with Crippen molar-refractivity contribution in [2.24, 2.45) is 5.10 Å². The van der Waals surface area contributed by atoms with E-state index in [1.165, 1.54) is 6.21 Å². The molecule has 0 saturated carbocycles. The minimum atomic E-state index is -0.368. The van der Waals surface area contributed by atoms with Gasteiger partial charge in [-0.25, -0.2) is 5.43 Å². The quantitative estimate of drug-likeness (QED) is 0.578. The van der Waals surface area contributed by atoms with Crippen molar-refractivity contribution in [2.75, 3.05) is 13.7 Å². The van der Waals surface area contributed by atoms with E-state index in [0.29, 0.717) is 16.5 Å². The molecule has 126 valence electrons. The van der Waals surface area contributed by atoms with Crippen molar-refractivity contribution < 1.29 is 14.3 Å². The zero-order valence-corrected chi connectivity index (χ0v) is 15.5. The minimum Gasteiger partial charge on any atom is -0.496 e. The summed E-state index contributed by atoms with van der Waals surface area (Å²) in [5.41, 5.74) is 4.03. The fraction of sp³-hybridized carbons (Fsp3) is 0.176. The SMILES string of the molecule is COc1ccc(Br)cc1C=NNC(=O)COc1ccc(Cl)c(C)c1. The van der Waals surface area contributed by atoms with Gasteiger partial charge in [-0.05, 0) is 48.9 Å². The molecular weight excluding hydrogens is 396 g/mol. The van der Waals surface area contributed by atoms with Crippen molar-refractivity contribution in [2.45, 2.75) is 6.92 Å². The molecule has 0 aliphatic rings. The lowest BCUT2D eigenvalue weighted by atomic mass is 10.2. The summed E-state index contributed by atoms with van der Waals surface area (Å²) in [7, 11) is 1.57. The van der Waals surface area contributed by atoms with Gasteiger partial charge in [-0.2, -0.15) is 5.10 Å². The molecule has 0 aliphatic carbocycles. The van der Waals surface area contributed by atoms with E-state index in [1.54, 1.807) is 31.4 Å². The monoisotopic (exact) mass is 410 g/mol. The molecule has 24 heavy (non-hydrogen) atoms. The summed E-state index contributed by atoms with van der Waals surface area (Å²) in [6.45, 7) is 1.72. The summed E-state index contributed by atoms with van der Waals surface area (Å²) in [6, 6.07) is 10.7. The Bertz CT molecular complexity index is 765. The number of amides is 1. The second-order valence-corrected chi connectivity index (χ2v) is 6.20. The van der Waals surface area contributed by atoms with Crippen LogP contribution in [-0.2, 0) is 4.79 Å². The Labute approximate surface area is 153 Å². The average molecular weight is 412 g/mol. The molecule has 7 heteroatoms. The highest BCUT2D eigenvalue weighted by atomic mass is 79.9. The summed E-state index contributed by atoms with van der Waals surface area (Å²) in [5, 5.41) is 4.56. The number of nitrogens with zero attached hydrogens (tertiary/aromatic N) is 1. The van der Waals surface area contributed by atoms with Crippen LogP contribution in [0.25, 0.3) is 0 Å². The van der Waals surface area contributed by atoms with Gasteiger partial charge in [0.2, 0.25) is 0 Å². The number of aryl methyl sites for hydroxylation is 1. The third-order valence-electron chi connectivity index (χ3n) is 3.08. The molecule has 0 saturated heterocycles. The molecule has 2 aromatic carbocycles. The average Bonchev–Trinajstić information content (AvgIpc) is 2.56. The molecule has 0 spiro atoms. The van der Waals surface area contributed by atoms with Crippen LogP contribution in [0.2, 0.25) is 5.02 Å². The summed E-state index contributed by atoms with van der Waals surface area (Å²) in [5.74, 6) is 0.863. The van der Waals surface area contributed by atoms with Gasteiger partial charge in [0.25, 0.3) is 5.91 Å². The highest BCUT2D eigenvalue weighted by Gasteiger charge is 2.04. The number of nitrogens with one attached hydrogen (secondary N) is 1. The number of methoxy groups -OCH3 is 1. The van der Waals surface area contributed by atoms with Crippen molar-refractivity contribution in [1.29, 1.82) is 0 Å². The van der Waals surface area contributed by atoms with Gasteiger partial charge >= 0.3 is 0 Å². The Balaban J connectivity index is 1.89. The molecule has 0 atom stereocenters. The van der Waals surface area contributed by atoms with E-state index >= 15 is 0 Å². The van der Waals surface area contributed by atoms with Crippen LogP contribution in [-0.4, -0.2) is 25.8 Å². The molecule has 0 aromatic heterocycles. The number of hydrogen-bond donors (Lipinski definition) is 1. The molecule has 2 rings (SSSR count). The lowest BCUT2D eigenvalue weighted by Gasteiger charge is -2.07. The van der Waals surface area contributed by atoms with Gasteiger partial charge in [0.05, 0.1) is 13.3 Å². The number of ether oxygens (including phenoxy) is 2. The molecule has 0 fully saturated rings. The molecule has 0 bridgehead atoms. The molecule has 0 heterocycles. The smallest absolute Gasteiger partial charge is 0.277 e. The lowest BCUT2D eigenvalue weighted by Crippen LogP contribution is -2.24.